The van der Waals surface area contributed by atoms with Crippen LogP contribution in [0.1, 0.15) is 32.6 Å². The van der Waals surface area contributed by atoms with Crippen molar-refractivity contribution in [1.82, 2.24) is 5.32 Å². The highest BCUT2D eigenvalue weighted by molar-refractivity contribution is 5.76. The summed E-state index contributed by atoms with van der Waals surface area (Å²) in [5.41, 5.74) is 0. The lowest BCUT2D eigenvalue weighted by molar-refractivity contribution is -0.143. The molecule has 0 aromatic heterocycles. The number of carbonyl (C=O) groups excluding carboxylic acids is 1. The summed E-state index contributed by atoms with van der Waals surface area (Å²) in [6.07, 6.45) is 5.08. The monoisotopic (exact) mass is 211 g/mol. The molecular weight excluding hydrogens is 190 g/mol. The second kappa shape index (κ2) is 4.52. The van der Waals surface area contributed by atoms with Gasteiger partial charge in [0.1, 0.15) is 6.04 Å². The van der Waals surface area contributed by atoms with Gasteiger partial charge in [0, 0.05) is 0 Å². The van der Waals surface area contributed by atoms with Crippen LogP contribution in [0.2, 0.25) is 0 Å². The predicted molar refractivity (Wildman–Crippen MR) is 58.4 cm³/mol. The van der Waals surface area contributed by atoms with Crippen molar-refractivity contribution in [1.29, 1.82) is 0 Å². The minimum Gasteiger partial charge on any atom is -0.468 e. The van der Waals surface area contributed by atoms with E-state index in [-0.39, 0.29) is 12.0 Å². The fourth-order valence-electron chi connectivity index (χ4n) is 2.14. The average Bonchev–Trinajstić information content (AvgIpc) is 3.05. The predicted octanol–water partition coefficient (Wildman–Crippen LogP) is 1.57. The highest BCUT2D eigenvalue weighted by Gasteiger charge is 2.37. The minimum atomic E-state index is -0.0829. The molecule has 0 heterocycles. The average molecular weight is 211 g/mol. The maximum Gasteiger partial charge on any atom is 0.323 e. The highest BCUT2D eigenvalue weighted by Crippen LogP contribution is 2.37. The molecule has 2 rings (SSSR count). The Morgan fingerprint density at radius 1 is 1.33 bits per heavy atom. The third-order valence-electron chi connectivity index (χ3n) is 3.64. The molecule has 0 aromatic rings. The summed E-state index contributed by atoms with van der Waals surface area (Å²) in [6, 6.07) is -0.0452. The van der Waals surface area contributed by atoms with Gasteiger partial charge in [-0.1, -0.05) is 6.92 Å². The summed E-state index contributed by atoms with van der Waals surface area (Å²) in [6.45, 7) is 3.23. The van der Waals surface area contributed by atoms with E-state index in [1.54, 1.807) is 0 Å². The molecular formula is C12H21NO2. The van der Waals surface area contributed by atoms with Gasteiger partial charge in [0.05, 0.1) is 7.11 Å². The van der Waals surface area contributed by atoms with Crippen molar-refractivity contribution >= 4 is 5.97 Å². The molecule has 0 bridgehead atoms. The summed E-state index contributed by atoms with van der Waals surface area (Å²) in [5, 5.41) is 3.38. The van der Waals surface area contributed by atoms with E-state index in [4.69, 9.17) is 4.74 Å². The zero-order chi connectivity index (χ0) is 10.8. The fraction of sp³-hybridized carbons (Fsp3) is 0.917. The SMILES string of the molecule is COC(=O)C(NCC(C)C1CC1)C1CC1. The number of methoxy groups -OCH3 is 1. The van der Waals surface area contributed by atoms with Crippen LogP contribution in [-0.4, -0.2) is 25.7 Å². The van der Waals surface area contributed by atoms with E-state index in [0.717, 1.165) is 12.5 Å². The number of ether oxygens (including phenoxy) is 1. The molecule has 1 N–H and O–H groups in total. The maximum atomic E-state index is 11.5. The minimum absolute atomic E-state index is 0.0452. The lowest BCUT2D eigenvalue weighted by Crippen LogP contribution is -2.41. The lowest BCUT2D eigenvalue weighted by atomic mass is 10.1. The number of hydrogen-bond donors (Lipinski definition) is 1. The van der Waals surface area contributed by atoms with Gasteiger partial charge in [-0.05, 0) is 50.0 Å². The summed E-state index contributed by atoms with van der Waals surface area (Å²) in [5.74, 6) is 2.05. The molecule has 0 aliphatic heterocycles. The summed E-state index contributed by atoms with van der Waals surface area (Å²) in [7, 11) is 1.48. The Balaban J connectivity index is 1.75. The topological polar surface area (TPSA) is 38.3 Å². The second-order valence-corrected chi connectivity index (χ2v) is 5.06. The Hall–Kier alpha value is -0.570. The summed E-state index contributed by atoms with van der Waals surface area (Å²) >= 11 is 0. The van der Waals surface area contributed by atoms with Crippen molar-refractivity contribution in [2.45, 2.75) is 38.6 Å². The molecule has 2 unspecified atom stereocenters. The molecule has 3 heteroatoms. The van der Waals surface area contributed by atoms with Crippen molar-refractivity contribution in [2.75, 3.05) is 13.7 Å². The van der Waals surface area contributed by atoms with Crippen LogP contribution in [0.5, 0.6) is 0 Å². The van der Waals surface area contributed by atoms with Crippen LogP contribution in [0.4, 0.5) is 0 Å². The maximum absolute atomic E-state index is 11.5. The van der Waals surface area contributed by atoms with E-state index in [1.165, 1.54) is 32.8 Å². The lowest BCUT2D eigenvalue weighted by Gasteiger charge is -2.18. The zero-order valence-electron chi connectivity index (χ0n) is 9.66. The van der Waals surface area contributed by atoms with E-state index in [1.807, 2.05) is 0 Å². The number of esters is 1. The largest absolute Gasteiger partial charge is 0.468 e. The molecule has 3 nitrogen and oxygen atoms in total. The van der Waals surface area contributed by atoms with Gasteiger partial charge in [-0.15, -0.1) is 0 Å². The van der Waals surface area contributed by atoms with Crippen LogP contribution < -0.4 is 5.32 Å². The first-order chi connectivity index (χ1) is 7.22. The number of carbonyl (C=O) groups is 1. The van der Waals surface area contributed by atoms with Gasteiger partial charge in [-0.25, -0.2) is 0 Å². The van der Waals surface area contributed by atoms with Gasteiger partial charge < -0.3 is 10.1 Å². The van der Waals surface area contributed by atoms with Crippen molar-refractivity contribution in [2.24, 2.45) is 17.8 Å². The van der Waals surface area contributed by atoms with E-state index < -0.39 is 0 Å². The van der Waals surface area contributed by atoms with E-state index in [9.17, 15) is 4.79 Å². The summed E-state index contributed by atoms with van der Waals surface area (Å²) in [4.78, 5) is 11.5. The fourth-order valence-corrected chi connectivity index (χ4v) is 2.14. The molecule has 86 valence electrons. The molecule has 2 saturated carbocycles. The second-order valence-electron chi connectivity index (χ2n) is 5.06. The van der Waals surface area contributed by atoms with Gasteiger partial charge in [-0.2, -0.15) is 0 Å². The van der Waals surface area contributed by atoms with Crippen molar-refractivity contribution in [3.63, 3.8) is 0 Å². The molecule has 2 atom stereocenters. The van der Waals surface area contributed by atoms with Gasteiger partial charge >= 0.3 is 5.97 Å². The molecule has 2 aliphatic carbocycles. The first kappa shape index (κ1) is 10.9. The quantitative estimate of drug-likeness (QED) is 0.678. The third-order valence-corrected chi connectivity index (χ3v) is 3.64. The van der Waals surface area contributed by atoms with E-state index in [0.29, 0.717) is 11.8 Å². The van der Waals surface area contributed by atoms with Gasteiger partial charge in [0.15, 0.2) is 0 Å². The molecule has 0 aromatic carbocycles. The molecule has 2 fully saturated rings. The Morgan fingerprint density at radius 3 is 2.40 bits per heavy atom. The first-order valence-corrected chi connectivity index (χ1v) is 6.03. The highest BCUT2D eigenvalue weighted by atomic mass is 16.5. The number of rotatable bonds is 6. The van der Waals surface area contributed by atoms with Crippen molar-refractivity contribution in [3.05, 3.63) is 0 Å². The van der Waals surface area contributed by atoms with Crippen molar-refractivity contribution in [3.8, 4) is 0 Å². The smallest absolute Gasteiger partial charge is 0.323 e. The van der Waals surface area contributed by atoms with Crippen LogP contribution >= 0.6 is 0 Å². The van der Waals surface area contributed by atoms with Crippen LogP contribution in [0.15, 0.2) is 0 Å². The normalized spacial score (nSPS) is 24.7. The number of hydrogen-bond acceptors (Lipinski definition) is 3. The van der Waals surface area contributed by atoms with Crippen LogP contribution in [0, 0.1) is 17.8 Å². The third kappa shape index (κ3) is 2.94. The Kier molecular flexibility index (Phi) is 3.29. The molecule has 0 saturated heterocycles. The van der Waals surface area contributed by atoms with Gasteiger partial charge in [-0.3, -0.25) is 4.79 Å². The van der Waals surface area contributed by atoms with Crippen LogP contribution in [0.3, 0.4) is 0 Å². The molecule has 0 spiro atoms. The Morgan fingerprint density at radius 2 is 1.93 bits per heavy atom. The standard InChI is InChI=1S/C12H21NO2/c1-8(9-3-4-9)7-13-11(10-5-6-10)12(14)15-2/h8-11,13H,3-7H2,1-2H3. The van der Waals surface area contributed by atoms with Crippen LogP contribution in [-0.2, 0) is 9.53 Å². The van der Waals surface area contributed by atoms with Gasteiger partial charge in [0.2, 0.25) is 0 Å². The molecule has 0 radical (unpaired) electrons. The molecule has 0 amide bonds. The van der Waals surface area contributed by atoms with Crippen molar-refractivity contribution < 1.29 is 9.53 Å². The van der Waals surface area contributed by atoms with Gasteiger partial charge in [0.25, 0.3) is 0 Å². The van der Waals surface area contributed by atoms with E-state index in [2.05, 4.69) is 12.2 Å². The van der Waals surface area contributed by atoms with E-state index >= 15 is 0 Å². The Bertz CT molecular complexity index is 234. The number of nitrogens with one attached hydrogen (secondary N) is 1. The molecule has 15 heavy (non-hydrogen) atoms. The summed E-state index contributed by atoms with van der Waals surface area (Å²) < 4.78 is 4.82. The zero-order valence-corrected chi connectivity index (χ0v) is 9.66. The first-order valence-electron chi connectivity index (χ1n) is 6.03. The Labute approximate surface area is 91.6 Å². The molecule has 2 aliphatic rings. The van der Waals surface area contributed by atoms with Crippen LogP contribution in [0.25, 0.3) is 0 Å².